The largest absolute Gasteiger partial charge is 0.339 e. The molecule has 1 aromatic carbocycles. The maximum Gasteiger partial charge on any atom is 0.253 e. The van der Waals surface area contributed by atoms with E-state index in [0.29, 0.717) is 13.1 Å². The molecule has 1 amide bonds. The Kier molecular flexibility index (Phi) is 5.76. The van der Waals surface area contributed by atoms with Crippen molar-refractivity contribution < 1.29 is 13.2 Å². The summed E-state index contributed by atoms with van der Waals surface area (Å²) < 4.78 is 24.7. The van der Waals surface area contributed by atoms with Crippen molar-refractivity contribution in [2.75, 3.05) is 45.5 Å². The quantitative estimate of drug-likeness (QED) is 0.809. The van der Waals surface area contributed by atoms with Crippen molar-refractivity contribution in [1.82, 2.24) is 14.1 Å². The van der Waals surface area contributed by atoms with Gasteiger partial charge in [0.05, 0.1) is 6.26 Å². The van der Waals surface area contributed by atoms with Gasteiger partial charge in [-0.2, -0.15) is 4.31 Å². The zero-order chi connectivity index (χ0) is 17.9. The van der Waals surface area contributed by atoms with Crippen LogP contribution in [0.25, 0.3) is 0 Å². The molecule has 0 aromatic heterocycles. The van der Waals surface area contributed by atoms with E-state index in [1.807, 2.05) is 29.2 Å². The van der Waals surface area contributed by atoms with Gasteiger partial charge in [-0.1, -0.05) is 12.1 Å². The number of likely N-dealkylation sites (tertiary alicyclic amines) is 1. The van der Waals surface area contributed by atoms with Crippen LogP contribution in [0.1, 0.15) is 35.2 Å². The normalized spacial score (nSPS) is 20.6. The summed E-state index contributed by atoms with van der Waals surface area (Å²) in [5.74, 6) is 0.128. The van der Waals surface area contributed by atoms with Gasteiger partial charge in [0.15, 0.2) is 0 Å². The van der Waals surface area contributed by atoms with Crippen molar-refractivity contribution in [2.45, 2.75) is 25.8 Å². The zero-order valence-electron chi connectivity index (χ0n) is 14.9. The molecule has 2 aliphatic heterocycles. The molecule has 2 fully saturated rings. The summed E-state index contributed by atoms with van der Waals surface area (Å²) in [6.45, 7) is 4.97. The van der Waals surface area contributed by atoms with Crippen LogP contribution in [0.15, 0.2) is 24.3 Å². The smallest absolute Gasteiger partial charge is 0.253 e. The number of hydrogen-bond acceptors (Lipinski definition) is 4. The molecule has 0 atom stereocenters. The number of carbonyl (C=O) groups excluding carboxylic acids is 1. The molecule has 0 bridgehead atoms. The highest BCUT2D eigenvalue weighted by Crippen LogP contribution is 2.16. The summed E-state index contributed by atoms with van der Waals surface area (Å²) in [6, 6.07) is 7.86. The van der Waals surface area contributed by atoms with Gasteiger partial charge in [0.25, 0.3) is 5.91 Å². The molecular formula is C18H27N3O3S. The fourth-order valence-corrected chi connectivity index (χ4v) is 4.39. The number of rotatable bonds is 4. The van der Waals surface area contributed by atoms with Crippen LogP contribution in [0.5, 0.6) is 0 Å². The number of amides is 1. The van der Waals surface area contributed by atoms with Gasteiger partial charge < -0.3 is 4.90 Å². The lowest BCUT2D eigenvalue weighted by Crippen LogP contribution is -2.47. The maximum atomic E-state index is 12.6. The minimum absolute atomic E-state index is 0.128. The van der Waals surface area contributed by atoms with Crippen LogP contribution < -0.4 is 0 Å². The second-order valence-corrected chi connectivity index (χ2v) is 8.97. The molecule has 25 heavy (non-hydrogen) atoms. The molecule has 138 valence electrons. The predicted octanol–water partition coefficient (Wildman–Crippen LogP) is 1.39. The molecule has 3 rings (SSSR count). The lowest BCUT2D eigenvalue weighted by Gasteiger charge is -2.33. The van der Waals surface area contributed by atoms with Gasteiger partial charge in [0.2, 0.25) is 10.0 Å². The fraction of sp³-hybridized carbons (Fsp3) is 0.611. The van der Waals surface area contributed by atoms with Gasteiger partial charge in [0, 0.05) is 51.4 Å². The highest BCUT2D eigenvalue weighted by molar-refractivity contribution is 7.88. The summed E-state index contributed by atoms with van der Waals surface area (Å²) in [6.07, 6.45) is 4.66. The SMILES string of the molecule is CS(=O)(=O)N1CCN(Cc2cccc(C(=O)N3CCCCC3)c2)CC1. The molecule has 2 heterocycles. The lowest BCUT2D eigenvalue weighted by molar-refractivity contribution is 0.0724. The van der Waals surface area contributed by atoms with E-state index in [1.165, 1.54) is 17.0 Å². The van der Waals surface area contributed by atoms with Crippen molar-refractivity contribution in [3.63, 3.8) is 0 Å². The average molecular weight is 365 g/mol. The van der Waals surface area contributed by atoms with Crippen LogP contribution >= 0.6 is 0 Å². The third-order valence-corrected chi connectivity index (χ3v) is 6.33. The third-order valence-electron chi connectivity index (χ3n) is 5.02. The molecule has 0 radical (unpaired) electrons. The first-order chi connectivity index (χ1) is 11.9. The first-order valence-corrected chi connectivity index (χ1v) is 10.8. The Morgan fingerprint density at radius 3 is 2.32 bits per heavy atom. The van der Waals surface area contributed by atoms with E-state index in [1.54, 1.807) is 0 Å². The van der Waals surface area contributed by atoms with E-state index in [2.05, 4.69) is 4.90 Å². The van der Waals surface area contributed by atoms with Gasteiger partial charge in [-0.05, 0) is 37.0 Å². The number of piperazine rings is 1. The number of carbonyl (C=O) groups is 1. The molecule has 0 aliphatic carbocycles. The number of nitrogens with zero attached hydrogens (tertiary/aromatic N) is 3. The topological polar surface area (TPSA) is 60.9 Å². The van der Waals surface area contributed by atoms with Crippen LogP contribution in [0.4, 0.5) is 0 Å². The first-order valence-electron chi connectivity index (χ1n) is 8.99. The van der Waals surface area contributed by atoms with Gasteiger partial charge >= 0.3 is 0 Å². The molecular weight excluding hydrogens is 338 g/mol. The van der Waals surface area contributed by atoms with Gasteiger partial charge in [-0.3, -0.25) is 9.69 Å². The second kappa shape index (κ2) is 7.85. The summed E-state index contributed by atoms with van der Waals surface area (Å²) in [5, 5.41) is 0. The minimum Gasteiger partial charge on any atom is -0.339 e. The van der Waals surface area contributed by atoms with E-state index in [4.69, 9.17) is 0 Å². The lowest BCUT2D eigenvalue weighted by atomic mass is 10.1. The molecule has 2 aliphatic rings. The van der Waals surface area contributed by atoms with Crippen LogP contribution in [-0.4, -0.2) is 74.0 Å². The van der Waals surface area contributed by atoms with Crippen molar-refractivity contribution >= 4 is 15.9 Å². The minimum atomic E-state index is -3.10. The molecule has 0 spiro atoms. The Balaban J connectivity index is 1.60. The Bertz CT molecular complexity index is 706. The number of benzene rings is 1. The predicted molar refractivity (Wildman–Crippen MR) is 97.9 cm³/mol. The number of sulfonamides is 1. The average Bonchev–Trinajstić information content (AvgIpc) is 2.62. The maximum absolute atomic E-state index is 12.6. The first kappa shape index (κ1) is 18.4. The Morgan fingerprint density at radius 1 is 1.00 bits per heavy atom. The van der Waals surface area contributed by atoms with Crippen LogP contribution in [0.3, 0.4) is 0 Å². The van der Waals surface area contributed by atoms with Gasteiger partial charge in [-0.15, -0.1) is 0 Å². The molecule has 1 aromatic rings. The van der Waals surface area contributed by atoms with Crippen molar-refractivity contribution in [1.29, 1.82) is 0 Å². The molecule has 6 nitrogen and oxygen atoms in total. The van der Waals surface area contributed by atoms with Crippen molar-refractivity contribution in [3.8, 4) is 0 Å². The highest BCUT2D eigenvalue weighted by atomic mass is 32.2. The molecule has 2 saturated heterocycles. The Labute approximate surface area is 150 Å². The Morgan fingerprint density at radius 2 is 1.68 bits per heavy atom. The summed E-state index contributed by atoms with van der Waals surface area (Å²) in [5.41, 5.74) is 1.87. The van der Waals surface area contributed by atoms with Gasteiger partial charge in [-0.25, -0.2) is 8.42 Å². The van der Waals surface area contributed by atoms with Crippen LogP contribution in [0, 0.1) is 0 Å². The molecule has 0 unspecified atom stereocenters. The third kappa shape index (κ3) is 4.80. The molecule has 7 heteroatoms. The van der Waals surface area contributed by atoms with Gasteiger partial charge in [0.1, 0.15) is 0 Å². The Hall–Kier alpha value is -1.44. The molecule has 0 saturated carbocycles. The van der Waals surface area contributed by atoms with Crippen molar-refractivity contribution in [3.05, 3.63) is 35.4 Å². The summed E-state index contributed by atoms with van der Waals surface area (Å²) >= 11 is 0. The fourth-order valence-electron chi connectivity index (χ4n) is 3.56. The van der Waals surface area contributed by atoms with E-state index in [0.717, 1.165) is 56.7 Å². The van der Waals surface area contributed by atoms with E-state index in [-0.39, 0.29) is 5.91 Å². The number of piperidine rings is 1. The standard InChI is InChI=1S/C18H27N3O3S/c1-25(23,24)21-12-10-19(11-13-21)15-16-6-5-7-17(14-16)18(22)20-8-3-2-4-9-20/h5-7,14H,2-4,8-13,15H2,1H3. The van der Waals surface area contributed by atoms with E-state index >= 15 is 0 Å². The zero-order valence-corrected chi connectivity index (χ0v) is 15.7. The second-order valence-electron chi connectivity index (χ2n) is 6.99. The summed E-state index contributed by atoms with van der Waals surface area (Å²) in [4.78, 5) is 16.8. The van der Waals surface area contributed by atoms with Crippen LogP contribution in [0.2, 0.25) is 0 Å². The van der Waals surface area contributed by atoms with Crippen LogP contribution in [-0.2, 0) is 16.6 Å². The highest BCUT2D eigenvalue weighted by Gasteiger charge is 2.23. The monoisotopic (exact) mass is 365 g/mol. The molecule has 0 N–H and O–H groups in total. The van der Waals surface area contributed by atoms with E-state index < -0.39 is 10.0 Å². The van der Waals surface area contributed by atoms with Crippen molar-refractivity contribution in [2.24, 2.45) is 0 Å². The van der Waals surface area contributed by atoms with E-state index in [9.17, 15) is 13.2 Å². The summed E-state index contributed by atoms with van der Waals surface area (Å²) in [7, 11) is -3.10. The number of hydrogen-bond donors (Lipinski definition) is 0.